The molecule has 0 radical (unpaired) electrons. The smallest absolute Gasteiger partial charge is 0.161 e. The first-order chi connectivity index (χ1) is 74.3. The Kier molecular flexibility index (Phi) is 22.3. The summed E-state index contributed by atoms with van der Waals surface area (Å²) in [6.07, 6.45) is 0. The van der Waals surface area contributed by atoms with Gasteiger partial charge in [-0.25, -0.2) is 29.9 Å². The van der Waals surface area contributed by atoms with Gasteiger partial charge in [-0.05, 0) is 181 Å². The van der Waals surface area contributed by atoms with Crippen molar-refractivity contribution in [2.45, 2.75) is 0 Å². The van der Waals surface area contributed by atoms with Gasteiger partial charge in [0.25, 0.3) is 0 Å². The molecule has 150 heavy (non-hydrogen) atoms. The van der Waals surface area contributed by atoms with Crippen molar-refractivity contribution < 1.29 is 8.83 Å². The normalized spacial score (nSPS) is 11.6. The van der Waals surface area contributed by atoms with E-state index in [1.54, 1.807) is 34.0 Å². The van der Waals surface area contributed by atoms with E-state index in [2.05, 4.69) is 496 Å². The summed E-state index contributed by atoms with van der Waals surface area (Å²) >= 11 is 5.17. The molecule has 0 aliphatic rings. The Hall–Kier alpha value is -19.1. The van der Waals surface area contributed by atoms with Crippen LogP contribution in [0.15, 0.2) is 524 Å². The molecule has 12 heteroatoms. The number of aromatic nitrogens is 7. The molecule has 0 fully saturated rings. The number of rotatable bonds is 15. The van der Waals surface area contributed by atoms with Crippen LogP contribution in [-0.4, -0.2) is 34.5 Å². The third kappa shape index (κ3) is 16.3. The standard InChI is InChI=1S/C46H29N3S.2C46H28N2OS/c1-2-13-30(14-3-1)31-15-10-18-34(27-31)44-43-39-23-6-9-26-42(39)50-46(43)48-45(47-44)35-19-11-16-32(28-35)33-17-12-20-36(29-33)49-40-24-7-4-21-37(40)38-22-5-8-25-41(38)49;2*1-2-12-29(13-3-1)30-14-9-18-34(27-30)43-42-39-21-5-7-25-41(39)50-46(42)48-45(47-43)35-19-10-16-32(28-35)31-15-8-17-33(26-31)36-22-11-23-38-37-20-4-6-24-40(37)49-44(36)38/h1-29H;2*1-28H. The molecular formula is C138H85N7O2S3. The molecule has 21 aromatic carbocycles. The van der Waals surface area contributed by atoms with Crippen LogP contribution in [0, 0.1) is 0 Å². The molecule has 9 aromatic heterocycles. The van der Waals surface area contributed by atoms with Gasteiger partial charge in [-0.1, -0.05) is 413 Å². The molecule has 9 heterocycles. The van der Waals surface area contributed by atoms with Gasteiger partial charge >= 0.3 is 0 Å². The molecule has 0 saturated heterocycles. The second-order valence-corrected chi connectivity index (χ2v) is 40.8. The second kappa shape index (κ2) is 37.8. The predicted molar refractivity (Wildman–Crippen MR) is 630 cm³/mol. The van der Waals surface area contributed by atoms with E-state index in [9.17, 15) is 0 Å². The first-order valence-corrected chi connectivity index (χ1v) is 52.7. The quantitative estimate of drug-likeness (QED) is 0.0999. The van der Waals surface area contributed by atoms with Crippen LogP contribution in [0.3, 0.4) is 0 Å². The van der Waals surface area contributed by atoms with Crippen LogP contribution >= 0.6 is 34.0 Å². The van der Waals surface area contributed by atoms with Gasteiger partial charge in [0.05, 0.1) is 28.1 Å². The molecule has 0 atom stereocenters. The predicted octanol–water partition coefficient (Wildman–Crippen LogP) is 38.8. The number of para-hydroxylation sites is 6. The Morgan fingerprint density at radius 1 is 0.167 bits per heavy atom. The molecule has 9 nitrogen and oxygen atoms in total. The van der Waals surface area contributed by atoms with Gasteiger partial charge in [-0.3, -0.25) is 0 Å². The number of nitrogens with zero attached hydrogens (tertiary/aromatic N) is 7. The van der Waals surface area contributed by atoms with E-state index in [4.69, 9.17) is 38.7 Å². The first kappa shape index (κ1) is 88.6. The first-order valence-electron chi connectivity index (χ1n) is 50.3. The molecular weight excluding hydrogens is 1880 g/mol. The van der Waals surface area contributed by atoms with Crippen molar-refractivity contribution in [3.8, 4) is 163 Å². The fourth-order valence-electron chi connectivity index (χ4n) is 21.5. The summed E-state index contributed by atoms with van der Waals surface area (Å²) in [5.74, 6) is 2.16. The van der Waals surface area contributed by atoms with E-state index in [0.29, 0.717) is 11.6 Å². The van der Waals surface area contributed by atoms with Crippen LogP contribution in [0.5, 0.6) is 0 Å². The van der Waals surface area contributed by atoms with Crippen molar-refractivity contribution >= 4 is 161 Å². The van der Waals surface area contributed by atoms with Crippen LogP contribution in [0.2, 0.25) is 0 Å². The maximum absolute atomic E-state index is 6.38. The fraction of sp³-hybridized carbons (Fsp3) is 0. The zero-order chi connectivity index (χ0) is 99.1. The SMILES string of the molecule is c1ccc(-c2cccc(-c3nc(-c4cccc(-c5cccc(-c6cccc7c6oc6ccccc67)c5)c4)nc4sc5ccccc5c34)c2)cc1.c1ccc(-c2cccc(-c3nc(-c4cccc(-c5cccc(-c6cccc7c6oc6ccccc67)c5)c4)nc4sc5ccccc5c34)c2)cc1.c1ccc(-c2cccc(-c3nc(-c4cccc(-c5cccc(-n6c7ccccc7c7ccccc76)c5)c4)nc4sc5ccccc5c34)c2)cc1. The molecule has 0 N–H and O–H groups in total. The molecule has 0 bridgehead atoms. The maximum atomic E-state index is 6.38. The highest BCUT2D eigenvalue weighted by Gasteiger charge is 2.26. The molecule has 0 saturated carbocycles. The van der Waals surface area contributed by atoms with Crippen molar-refractivity contribution in [3.63, 3.8) is 0 Å². The number of hydrogen-bond acceptors (Lipinski definition) is 11. The Morgan fingerprint density at radius 2 is 0.407 bits per heavy atom. The number of thiophene rings is 3. The van der Waals surface area contributed by atoms with Gasteiger partial charge in [0.2, 0.25) is 0 Å². The highest BCUT2D eigenvalue weighted by Crippen LogP contribution is 2.49. The molecule has 0 unspecified atom stereocenters. The average Bonchev–Trinajstić information content (AvgIpc) is 1.55. The molecule has 0 spiro atoms. The van der Waals surface area contributed by atoms with Gasteiger partial charge < -0.3 is 13.4 Å². The number of hydrogen-bond donors (Lipinski definition) is 0. The van der Waals surface area contributed by atoms with Crippen molar-refractivity contribution in [1.82, 2.24) is 34.5 Å². The molecule has 702 valence electrons. The van der Waals surface area contributed by atoms with Crippen LogP contribution < -0.4 is 0 Å². The highest BCUT2D eigenvalue weighted by molar-refractivity contribution is 7.26. The largest absolute Gasteiger partial charge is 0.455 e. The number of benzene rings is 21. The minimum Gasteiger partial charge on any atom is -0.455 e. The van der Waals surface area contributed by atoms with E-state index in [-0.39, 0.29) is 0 Å². The van der Waals surface area contributed by atoms with E-state index in [1.165, 1.54) is 74.3 Å². The van der Waals surface area contributed by atoms with Crippen LogP contribution in [-0.2, 0) is 0 Å². The Labute approximate surface area is 875 Å². The molecule has 30 aromatic rings. The zero-order valence-corrected chi connectivity index (χ0v) is 83.2. The Bertz CT molecular complexity index is 10100. The van der Waals surface area contributed by atoms with E-state index in [0.717, 1.165) is 203 Å². The zero-order valence-electron chi connectivity index (χ0n) is 80.7. The van der Waals surface area contributed by atoms with Crippen molar-refractivity contribution in [3.05, 3.63) is 516 Å². The van der Waals surface area contributed by atoms with E-state index < -0.39 is 0 Å². The summed E-state index contributed by atoms with van der Waals surface area (Å²) in [5.41, 5.74) is 34.4. The van der Waals surface area contributed by atoms with Gasteiger partial charge in [0, 0.05) is 129 Å². The number of fused-ring (bicyclic) bond motifs is 18. The number of furan rings is 2. The van der Waals surface area contributed by atoms with Gasteiger partial charge in [0.1, 0.15) is 36.8 Å². The summed E-state index contributed by atoms with van der Waals surface area (Å²) in [6.45, 7) is 0. The third-order valence-corrected chi connectivity index (χ3v) is 31.8. The summed E-state index contributed by atoms with van der Waals surface area (Å²) < 4.78 is 18.8. The minimum atomic E-state index is 0.717. The second-order valence-electron chi connectivity index (χ2n) is 37.7. The van der Waals surface area contributed by atoms with Crippen molar-refractivity contribution in [2.75, 3.05) is 0 Å². The van der Waals surface area contributed by atoms with E-state index in [1.807, 2.05) is 24.3 Å². The van der Waals surface area contributed by atoms with Crippen molar-refractivity contribution in [2.24, 2.45) is 0 Å². The molecule has 0 aliphatic carbocycles. The average molecular weight is 1970 g/mol. The molecule has 0 aliphatic heterocycles. The maximum Gasteiger partial charge on any atom is 0.161 e. The van der Waals surface area contributed by atoms with Gasteiger partial charge in [0.15, 0.2) is 17.5 Å². The van der Waals surface area contributed by atoms with Crippen LogP contribution in [0.1, 0.15) is 0 Å². The summed E-state index contributed by atoms with van der Waals surface area (Å²) in [6, 6.07) is 182. The third-order valence-electron chi connectivity index (χ3n) is 28.6. The van der Waals surface area contributed by atoms with Crippen LogP contribution in [0.4, 0.5) is 0 Å². The fourth-order valence-corrected chi connectivity index (χ4v) is 24.8. The van der Waals surface area contributed by atoms with Crippen LogP contribution in [0.25, 0.3) is 289 Å². The van der Waals surface area contributed by atoms with Gasteiger partial charge in [-0.2, -0.15) is 0 Å². The summed E-state index contributed by atoms with van der Waals surface area (Å²) in [5, 5.41) is 13.9. The summed E-state index contributed by atoms with van der Waals surface area (Å²) in [7, 11) is 0. The van der Waals surface area contributed by atoms with E-state index >= 15 is 0 Å². The lowest BCUT2D eigenvalue weighted by Crippen LogP contribution is -1.95. The van der Waals surface area contributed by atoms with Gasteiger partial charge in [-0.15, -0.1) is 34.0 Å². The molecule has 0 amide bonds. The lowest BCUT2D eigenvalue weighted by Gasteiger charge is -2.12. The summed E-state index contributed by atoms with van der Waals surface area (Å²) in [4.78, 5) is 34.6. The lowest BCUT2D eigenvalue weighted by atomic mass is 9.96. The molecule has 30 rings (SSSR count). The topological polar surface area (TPSA) is 109 Å². The lowest BCUT2D eigenvalue weighted by molar-refractivity contribution is 0.669. The minimum absolute atomic E-state index is 0.717. The Morgan fingerprint density at radius 3 is 0.760 bits per heavy atom. The van der Waals surface area contributed by atoms with Crippen molar-refractivity contribution in [1.29, 1.82) is 0 Å². The highest BCUT2D eigenvalue weighted by atomic mass is 32.1. The monoisotopic (exact) mass is 1970 g/mol. The Balaban J connectivity index is 0.000000108.